The Bertz CT molecular complexity index is 280. The van der Waals surface area contributed by atoms with Crippen molar-refractivity contribution < 1.29 is 0 Å². The summed E-state index contributed by atoms with van der Waals surface area (Å²) in [6.07, 6.45) is 3.54. The maximum atomic E-state index is 4.12. The first kappa shape index (κ1) is 16.0. The van der Waals surface area contributed by atoms with Gasteiger partial charge in [-0.1, -0.05) is 35.1 Å². The monoisotopic (exact) mass is 206 g/mol. The molecule has 15 heavy (non-hydrogen) atoms. The fourth-order valence-electron chi connectivity index (χ4n) is 0.904. The Kier molecular flexibility index (Phi) is 11.4. The van der Waals surface area contributed by atoms with E-state index in [4.69, 9.17) is 0 Å². The largest absolute Gasteiger partial charge is 0.255 e. The van der Waals surface area contributed by atoms with Gasteiger partial charge in [-0.15, -0.1) is 0 Å². The van der Waals surface area contributed by atoms with Gasteiger partial charge in [0.25, 0.3) is 0 Å². The zero-order valence-corrected chi connectivity index (χ0v) is 9.36. The van der Waals surface area contributed by atoms with Gasteiger partial charge < -0.3 is 0 Å². The smallest absolute Gasteiger partial charge is 0.0886 e. The first-order valence-electron chi connectivity index (χ1n) is 5.12. The van der Waals surface area contributed by atoms with E-state index in [2.05, 4.69) is 9.97 Å². The zero-order valence-electron chi connectivity index (χ0n) is 9.36. The lowest BCUT2D eigenvalue weighted by atomic mass is 10.3. The van der Waals surface area contributed by atoms with Crippen LogP contribution in [0.2, 0.25) is 0 Å². The highest BCUT2D eigenvalue weighted by atomic mass is 14.7. The third-order valence-electron chi connectivity index (χ3n) is 1.37. The predicted molar refractivity (Wildman–Crippen MR) is 69.0 cm³/mol. The van der Waals surface area contributed by atoms with E-state index in [1.165, 1.54) is 0 Å². The molecule has 2 rings (SSSR count). The fraction of sp³-hybridized carbons (Fsp3) is 0.385. The molecule has 84 valence electrons. The van der Waals surface area contributed by atoms with E-state index in [0.717, 1.165) is 11.0 Å². The molecule has 0 atom stereocenters. The van der Waals surface area contributed by atoms with Gasteiger partial charge in [-0.2, -0.15) is 0 Å². The van der Waals surface area contributed by atoms with Gasteiger partial charge in [0.1, 0.15) is 0 Å². The molecule has 0 saturated carbocycles. The number of rotatable bonds is 0. The number of nitrogens with zero attached hydrogens (tertiary/aromatic N) is 2. The second-order valence-corrected chi connectivity index (χ2v) is 2.05. The zero-order chi connectivity index (χ0) is 10.8. The van der Waals surface area contributed by atoms with Crippen molar-refractivity contribution in [2.24, 2.45) is 0 Å². The molecule has 2 heteroatoms. The Hall–Kier alpha value is -1.44. The molecular formula is C13H22N2. The van der Waals surface area contributed by atoms with Gasteiger partial charge in [-0.3, -0.25) is 9.97 Å². The summed E-state index contributed by atoms with van der Waals surface area (Å²) in [6, 6.07) is 7.66. The van der Waals surface area contributed by atoms with E-state index in [1.54, 1.807) is 12.4 Å². The Morgan fingerprint density at radius 2 is 1.07 bits per heavy atom. The fourth-order valence-corrected chi connectivity index (χ4v) is 0.904. The molecule has 0 saturated heterocycles. The van der Waals surface area contributed by atoms with E-state index >= 15 is 0 Å². The molecule has 2 aromatic heterocycles. The predicted octanol–water partition coefficient (Wildman–Crippen LogP) is 4.32. The number of hydrogen-bond donors (Lipinski definition) is 0. The van der Waals surface area contributed by atoms with Gasteiger partial charge in [-0.25, -0.2) is 0 Å². The average molecular weight is 206 g/mol. The van der Waals surface area contributed by atoms with E-state index < -0.39 is 0 Å². The lowest BCUT2D eigenvalue weighted by molar-refractivity contribution is 1.34. The van der Waals surface area contributed by atoms with Crippen LogP contribution in [0.25, 0.3) is 11.0 Å². The summed E-state index contributed by atoms with van der Waals surface area (Å²) in [5.41, 5.74) is 1.90. The molecule has 0 aromatic carbocycles. The molecule has 0 aliphatic heterocycles. The normalized spacial score (nSPS) is 7.47. The van der Waals surface area contributed by atoms with E-state index in [1.807, 2.05) is 52.0 Å². The molecule has 0 amide bonds. The molecule has 0 aliphatic rings. The Labute approximate surface area is 93.4 Å². The van der Waals surface area contributed by atoms with Crippen molar-refractivity contribution >= 4 is 11.0 Å². The van der Waals surface area contributed by atoms with Crippen LogP contribution in [0.5, 0.6) is 0 Å². The van der Waals surface area contributed by atoms with Gasteiger partial charge in [0.05, 0.1) is 11.0 Å². The third kappa shape index (κ3) is 5.11. The topological polar surface area (TPSA) is 25.8 Å². The standard InChI is InChI=1S/C8H6N2.2C2H6.CH4/c1-3-7-8(9-5-1)4-2-6-10-7;2*1-2;/h1-6H;2*1-2H3;1H4. The first-order chi connectivity index (χ1) is 6.97. The Balaban J connectivity index is 0. The van der Waals surface area contributed by atoms with Gasteiger partial charge >= 0.3 is 0 Å². The van der Waals surface area contributed by atoms with Crippen molar-refractivity contribution in [3.8, 4) is 0 Å². The molecule has 0 radical (unpaired) electrons. The molecule has 2 nitrogen and oxygen atoms in total. The summed E-state index contributed by atoms with van der Waals surface area (Å²) in [6.45, 7) is 8.00. The van der Waals surface area contributed by atoms with Crippen molar-refractivity contribution in [2.45, 2.75) is 35.1 Å². The van der Waals surface area contributed by atoms with Gasteiger partial charge in [0, 0.05) is 12.4 Å². The molecule has 2 aromatic rings. The lowest BCUT2D eigenvalue weighted by Gasteiger charge is -1.90. The molecule has 0 unspecified atom stereocenters. The van der Waals surface area contributed by atoms with Crippen LogP contribution < -0.4 is 0 Å². The lowest BCUT2D eigenvalue weighted by Crippen LogP contribution is -1.78. The molecule has 0 spiro atoms. The molecule has 2 heterocycles. The van der Waals surface area contributed by atoms with Crippen LogP contribution in [-0.4, -0.2) is 9.97 Å². The summed E-state index contributed by atoms with van der Waals surface area (Å²) in [5.74, 6) is 0. The van der Waals surface area contributed by atoms with Crippen molar-refractivity contribution in [1.29, 1.82) is 0 Å². The van der Waals surface area contributed by atoms with Crippen LogP contribution in [-0.2, 0) is 0 Å². The minimum absolute atomic E-state index is 0. The summed E-state index contributed by atoms with van der Waals surface area (Å²) < 4.78 is 0. The average Bonchev–Trinajstić information content (AvgIpc) is 2.34. The SMILES string of the molecule is C.CC.CC.c1cnc2cccnc2c1. The molecule has 0 bridgehead atoms. The van der Waals surface area contributed by atoms with E-state index in [9.17, 15) is 0 Å². The van der Waals surface area contributed by atoms with Crippen molar-refractivity contribution in [3.05, 3.63) is 36.7 Å². The second-order valence-electron chi connectivity index (χ2n) is 2.05. The maximum Gasteiger partial charge on any atom is 0.0886 e. The summed E-state index contributed by atoms with van der Waals surface area (Å²) >= 11 is 0. The minimum atomic E-state index is 0. The highest BCUT2D eigenvalue weighted by Gasteiger charge is 1.88. The van der Waals surface area contributed by atoms with Gasteiger partial charge in [0.15, 0.2) is 0 Å². The van der Waals surface area contributed by atoms with Crippen molar-refractivity contribution in [2.75, 3.05) is 0 Å². The van der Waals surface area contributed by atoms with Crippen LogP contribution in [0.4, 0.5) is 0 Å². The van der Waals surface area contributed by atoms with Gasteiger partial charge in [0.2, 0.25) is 0 Å². The third-order valence-corrected chi connectivity index (χ3v) is 1.37. The summed E-state index contributed by atoms with van der Waals surface area (Å²) in [7, 11) is 0. The maximum absolute atomic E-state index is 4.12. The molecular weight excluding hydrogens is 184 g/mol. The van der Waals surface area contributed by atoms with Crippen molar-refractivity contribution in [1.82, 2.24) is 9.97 Å². The van der Waals surface area contributed by atoms with Gasteiger partial charge in [-0.05, 0) is 24.3 Å². The minimum Gasteiger partial charge on any atom is -0.255 e. The molecule has 0 fully saturated rings. The first-order valence-corrected chi connectivity index (χ1v) is 5.12. The second kappa shape index (κ2) is 10.6. The number of hydrogen-bond acceptors (Lipinski definition) is 2. The molecule has 0 N–H and O–H groups in total. The van der Waals surface area contributed by atoms with Crippen LogP contribution in [0.15, 0.2) is 36.7 Å². The summed E-state index contributed by atoms with van der Waals surface area (Å²) in [4.78, 5) is 8.24. The molecule has 0 aliphatic carbocycles. The number of aromatic nitrogens is 2. The number of fused-ring (bicyclic) bond motifs is 1. The van der Waals surface area contributed by atoms with Crippen LogP contribution in [0.1, 0.15) is 35.1 Å². The van der Waals surface area contributed by atoms with Crippen LogP contribution >= 0.6 is 0 Å². The summed E-state index contributed by atoms with van der Waals surface area (Å²) in [5, 5.41) is 0. The Morgan fingerprint density at radius 1 is 0.733 bits per heavy atom. The quantitative estimate of drug-likeness (QED) is 0.641. The highest BCUT2D eigenvalue weighted by molar-refractivity contribution is 5.72. The number of pyridine rings is 2. The highest BCUT2D eigenvalue weighted by Crippen LogP contribution is 2.04. The van der Waals surface area contributed by atoms with Crippen LogP contribution in [0, 0.1) is 0 Å². The van der Waals surface area contributed by atoms with E-state index in [-0.39, 0.29) is 7.43 Å². The van der Waals surface area contributed by atoms with Crippen molar-refractivity contribution in [3.63, 3.8) is 0 Å². The van der Waals surface area contributed by atoms with E-state index in [0.29, 0.717) is 0 Å². The Morgan fingerprint density at radius 3 is 1.40 bits per heavy atom. The van der Waals surface area contributed by atoms with Crippen LogP contribution in [0.3, 0.4) is 0 Å².